The van der Waals surface area contributed by atoms with Crippen molar-refractivity contribution in [2.45, 2.75) is 32.4 Å². The van der Waals surface area contributed by atoms with Gasteiger partial charge in [0.1, 0.15) is 11.6 Å². The van der Waals surface area contributed by atoms with E-state index in [1.807, 2.05) is 18.7 Å². The van der Waals surface area contributed by atoms with E-state index in [9.17, 15) is 13.2 Å². The number of hydrogen-bond donors (Lipinski definition) is 1. The number of amides is 1. The van der Waals surface area contributed by atoms with Crippen LogP contribution in [0.1, 0.15) is 37.8 Å². The molecule has 2 N–H and O–H groups in total. The molecule has 1 atom stereocenters. The highest BCUT2D eigenvalue weighted by Crippen LogP contribution is 2.29. The van der Waals surface area contributed by atoms with Gasteiger partial charge in [0.15, 0.2) is 0 Å². The minimum absolute atomic E-state index is 0.00577. The molecule has 1 amide bonds. The van der Waals surface area contributed by atoms with Crippen LogP contribution in [0.2, 0.25) is 0 Å². The number of nitrogens with two attached hydrogens (primary N) is 1. The van der Waals surface area contributed by atoms with Crippen LogP contribution in [0.4, 0.5) is 0 Å². The fourth-order valence-corrected chi connectivity index (χ4v) is 4.60. The van der Waals surface area contributed by atoms with Crippen molar-refractivity contribution in [1.29, 1.82) is 0 Å². The molecule has 0 aromatic heterocycles. The molecule has 0 spiro atoms. The Morgan fingerprint density at radius 2 is 2.19 bits per heavy atom. The molecule has 2 aliphatic rings. The van der Waals surface area contributed by atoms with Gasteiger partial charge >= 0.3 is 0 Å². The number of hydrogen-bond acceptors (Lipinski definition) is 5. The first-order valence-electron chi connectivity index (χ1n) is 8.89. The van der Waals surface area contributed by atoms with Gasteiger partial charge in [-0.05, 0) is 24.5 Å². The molecule has 0 aliphatic carbocycles. The fraction of sp³-hybridized carbons (Fsp3) is 0.556. The number of sulfonamides is 1. The second-order valence-electron chi connectivity index (χ2n) is 7.25. The lowest BCUT2D eigenvalue weighted by molar-refractivity contribution is -0.136. The van der Waals surface area contributed by atoms with Crippen LogP contribution in [0.15, 0.2) is 22.6 Å². The van der Waals surface area contributed by atoms with E-state index in [1.54, 1.807) is 18.2 Å². The van der Waals surface area contributed by atoms with E-state index in [0.29, 0.717) is 30.0 Å². The van der Waals surface area contributed by atoms with Crippen LogP contribution in [0.3, 0.4) is 0 Å². The van der Waals surface area contributed by atoms with Crippen molar-refractivity contribution >= 4 is 21.8 Å². The van der Waals surface area contributed by atoms with Gasteiger partial charge in [-0.3, -0.25) is 4.79 Å². The fourth-order valence-electron chi connectivity index (χ4n) is 3.51. The summed E-state index contributed by atoms with van der Waals surface area (Å²) in [6.07, 6.45) is 1.95. The third-order valence-electron chi connectivity index (χ3n) is 4.74. The topological polar surface area (TPSA) is 102 Å². The molecule has 0 unspecified atom stereocenters. The molecule has 2 aliphatic heterocycles. The van der Waals surface area contributed by atoms with Gasteiger partial charge < -0.3 is 15.4 Å². The Hall–Kier alpha value is -2.09. The third-order valence-corrected chi connectivity index (χ3v) is 5.89. The van der Waals surface area contributed by atoms with Crippen molar-refractivity contribution in [2.75, 3.05) is 19.7 Å². The highest BCUT2D eigenvalue weighted by molar-refractivity contribution is 7.89. The molecular weight excluding hydrogens is 354 g/mol. The highest BCUT2D eigenvalue weighted by Gasteiger charge is 2.28. The van der Waals surface area contributed by atoms with Gasteiger partial charge in [-0.25, -0.2) is 8.42 Å². The zero-order valence-electron chi connectivity index (χ0n) is 15.1. The molecule has 0 radical (unpaired) electrons. The first-order chi connectivity index (χ1) is 12.3. The molecule has 1 aromatic rings. The zero-order valence-corrected chi connectivity index (χ0v) is 16.0. The molecule has 0 bridgehead atoms. The second kappa shape index (κ2) is 7.26. The number of ether oxygens (including phenoxy) is 1. The number of carbonyl (C=O) groups excluding carboxylic acids is 1. The van der Waals surface area contributed by atoms with E-state index in [4.69, 9.17) is 10.5 Å². The monoisotopic (exact) mass is 379 g/mol. The van der Waals surface area contributed by atoms with Crippen molar-refractivity contribution in [3.8, 4) is 5.75 Å². The van der Waals surface area contributed by atoms with E-state index >= 15 is 0 Å². The number of fused-ring (bicyclic) bond motifs is 1. The maximum Gasteiger partial charge on any atom is 0.259 e. The second-order valence-corrected chi connectivity index (χ2v) is 8.89. The predicted molar refractivity (Wildman–Crippen MR) is 99.4 cm³/mol. The van der Waals surface area contributed by atoms with Crippen LogP contribution >= 0.6 is 0 Å². The largest absolute Gasteiger partial charge is 0.492 e. The van der Waals surface area contributed by atoms with Crippen LogP contribution in [0.5, 0.6) is 5.75 Å². The van der Waals surface area contributed by atoms with Crippen molar-refractivity contribution in [1.82, 2.24) is 4.90 Å². The predicted octanol–water partition coefficient (Wildman–Crippen LogP) is 1.51. The quantitative estimate of drug-likeness (QED) is 0.854. The lowest BCUT2D eigenvalue weighted by atomic mass is 9.97. The van der Waals surface area contributed by atoms with Gasteiger partial charge in [0.2, 0.25) is 5.91 Å². The minimum atomic E-state index is -3.56. The number of piperidine rings is 1. The van der Waals surface area contributed by atoms with E-state index in [2.05, 4.69) is 4.40 Å². The molecule has 8 heteroatoms. The highest BCUT2D eigenvalue weighted by atomic mass is 32.2. The van der Waals surface area contributed by atoms with Crippen molar-refractivity contribution in [3.63, 3.8) is 0 Å². The van der Waals surface area contributed by atoms with Gasteiger partial charge in [0.25, 0.3) is 10.0 Å². The number of amidine groups is 1. The van der Waals surface area contributed by atoms with Crippen molar-refractivity contribution in [2.24, 2.45) is 22.0 Å². The summed E-state index contributed by atoms with van der Waals surface area (Å²) in [6, 6.07) is 5.27. The summed E-state index contributed by atoms with van der Waals surface area (Å²) in [4.78, 5) is 14.1. The summed E-state index contributed by atoms with van der Waals surface area (Å²) in [5.41, 5.74) is 7.03. The molecule has 7 nitrogen and oxygen atoms in total. The van der Waals surface area contributed by atoms with E-state index in [1.165, 1.54) is 0 Å². The van der Waals surface area contributed by atoms with E-state index < -0.39 is 10.0 Å². The Morgan fingerprint density at radius 1 is 1.42 bits per heavy atom. The summed E-state index contributed by atoms with van der Waals surface area (Å²) in [5, 5.41) is 0. The smallest absolute Gasteiger partial charge is 0.259 e. The average Bonchev–Trinajstić information content (AvgIpc) is 2.58. The van der Waals surface area contributed by atoms with E-state index in [-0.39, 0.29) is 29.3 Å². The van der Waals surface area contributed by atoms with Crippen LogP contribution in [-0.2, 0) is 20.6 Å². The van der Waals surface area contributed by atoms with Crippen LogP contribution in [0.25, 0.3) is 0 Å². The van der Waals surface area contributed by atoms with Crippen molar-refractivity contribution in [3.05, 3.63) is 29.3 Å². The summed E-state index contributed by atoms with van der Waals surface area (Å²) in [5.74, 6) is 0.767. The average molecular weight is 379 g/mol. The van der Waals surface area contributed by atoms with Crippen molar-refractivity contribution < 1.29 is 17.9 Å². The first-order valence-corrected chi connectivity index (χ1v) is 10.5. The summed E-state index contributed by atoms with van der Waals surface area (Å²) in [6.45, 7) is 5.76. The van der Waals surface area contributed by atoms with E-state index in [0.717, 1.165) is 19.4 Å². The normalized spacial score (nSPS) is 21.9. The summed E-state index contributed by atoms with van der Waals surface area (Å²) in [7, 11) is -3.56. The molecule has 1 saturated heterocycles. The maximum absolute atomic E-state index is 12.2. The molecule has 3 rings (SSSR count). The van der Waals surface area contributed by atoms with Gasteiger partial charge in [-0.1, -0.05) is 26.0 Å². The molecular formula is C18H25N3O4S. The minimum Gasteiger partial charge on any atom is -0.492 e. The van der Waals surface area contributed by atoms with Gasteiger partial charge in [-0.2, -0.15) is 0 Å². The lowest BCUT2D eigenvalue weighted by Crippen LogP contribution is -2.43. The molecule has 142 valence electrons. The van der Waals surface area contributed by atoms with Crippen LogP contribution in [-0.4, -0.2) is 44.8 Å². The maximum atomic E-state index is 12.2. The summed E-state index contributed by atoms with van der Waals surface area (Å²) >= 11 is 0. The first kappa shape index (κ1) is 18.7. The lowest BCUT2D eigenvalue weighted by Gasteiger charge is -2.34. The number of nitrogens with zero attached hydrogens (tertiary/aromatic N) is 2. The SMILES string of the molecule is CC(C)C(=O)N1CCC[C@H](COc2cccc3c2C(N)=NS(=O)(=O)C3)C1. The van der Waals surface area contributed by atoms with Gasteiger partial charge in [-0.15, -0.1) is 4.40 Å². The molecule has 26 heavy (non-hydrogen) atoms. The molecule has 2 heterocycles. The molecule has 1 fully saturated rings. The summed E-state index contributed by atoms with van der Waals surface area (Å²) < 4.78 is 33.1. The van der Waals surface area contributed by atoms with Gasteiger partial charge in [0, 0.05) is 24.9 Å². The Kier molecular flexibility index (Phi) is 5.22. The third kappa shape index (κ3) is 4.00. The standard InChI is InChI=1S/C18H25N3O4S/c1-12(2)18(22)21-8-4-5-13(9-21)10-25-15-7-3-6-14-11-26(23,24)20-17(19)16(14)15/h3,6-7,12-13H,4-5,8-11H2,1-2H3,(H2,19,20)/t13-/m0/s1. The Morgan fingerprint density at radius 3 is 2.92 bits per heavy atom. The van der Waals surface area contributed by atoms with Gasteiger partial charge in [0.05, 0.1) is 17.9 Å². The number of likely N-dealkylation sites (tertiary alicyclic amines) is 1. The van der Waals surface area contributed by atoms with Crippen LogP contribution in [0, 0.1) is 11.8 Å². The molecule has 1 aromatic carbocycles. The number of benzene rings is 1. The Bertz CT molecular complexity index is 833. The number of carbonyl (C=O) groups is 1. The number of rotatable bonds is 4. The molecule has 0 saturated carbocycles. The zero-order chi connectivity index (χ0) is 18.9. The Balaban J connectivity index is 1.71. The van der Waals surface area contributed by atoms with Crippen LogP contribution < -0.4 is 10.5 Å². The Labute approximate surface area is 154 Å².